The number of fused-ring (bicyclic) bond motifs is 1. The summed E-state index contributed by atoms with van der Waals surface area (Å²) in [6, 6.07) is 5.66. The Morgan fingerprint density at radius 1 is 1.25 bits per heavy atom. The Morgan fingerprint density at radius 2 is 1.96 bits per heavy atom. The highest BCUT2D eigenvalue weighted by molar-refractivity contribution is 7.23. The lowest BCUT2D eigenvalue weighted by Crippen LogP contribution is -2.37. The van der Waals surface area contributed by atoms with Gasteiger partial charge < -0.3 is 4.90 Å². The zero-order valence-electron chi connectivity index (χ0n) is 16.7. The normalized spacial score (nSPS) is 11.1. The molecule has 1 aromatic carbocycles. The number of nitrogens with zero attached hydrogens (tertiary/aromatic N) is 5. The van der Waals surface area contributed by atoms with E-state index in [9.17, 15) is 4.79 Å². The lowest BCUT2D eigenvalue weighted by Gasteiger charge is -2.21. The number of rotatable bonds is 6. The van der Waals surface area contributed by atoms with E-state index in [-0.39, 0.29) is 18.3 Å². The fourth-order valence-corrected chi connectivity index (χ4v) is 4.20. The van der Waals surface area contributed by atoms with Crippen molar-refractivity contribution in [1.29, 1.82) is 0 Å². The van der Waals surface area contributed by atoms with Crippen LogP contribution in [0.15, 0.2) is 18.2 Å². The van der Waals surface area contributed by atoms with Crippen molar-refractivity contribution < 1.29 is 4.79 Å². The molecule has 0 aliphatic rings. The van der Waals surface area contributed by atoms with E-state index in [1.54, 1.807) is 4.90 Å². The maximum Gasteiger partial charge on any atom is 0.280 e. The van der Waals surface area contributed by atoms with E-state index in [2.05, 4.69) is 5.10 Å². The number of thiazole rings is 1. The molecule has 0 unspecified atom stereocenters. The van der Waals surface area contributed by atoms with Crippen LogP contribution in [-0.2, 0) is 6.54 Å². The average molecular weight is 442 g/mol. The lowest BCUT2D eigenvalue weighted by molar-refractivity contribution is 0.0979. The van der Waals surface area contributed by atoms with Crippen LogP contribution in [0.1, 0.15) is 28.7 Å². The fourth-order valence-electron chi connectivity index (χ4n) is 2.86. The second kappa shape index (κ2) is 9.22. The van der Waals surface area contributed by atoms with Crippen molar-refractivity contribution in [2.24, 2.45) is 0 Å². The minimum Gasteiger partial charge on any atom is -0.308 e. The van der Waals surface area contributed by atoms with Crippen molar-refractivity contribution >= 4 is 56.6 Å². The molecule has 3 aromatic rings. The Labute approximate surface area is 180 Å². The number of hydrogen-bond donors (Lipinski definition) is 0. The van der Waals surface area contributed by atoms with E-state index in [1.165, 1.54) is 11.3 Å². The largest absolute Gasteiger partial charge is 0.308 e. The number of amides is 1. The zero-order chi connectivity index (χ0) is 19.7. The maximum atomic E-state index is 13.3. The first-order valence-corrected chi connectivity index (χ1v) is 10.1. The van der Waals surface area contributed by atoms with Gasteiger partial charge in [-0.3, -0.25) is 14.4 Å². The van der Waals surface area contributed by atoms with Crippen LogP contribution in [0.25, 0.3) is 10.2 Å². The van der Waals surface area contributed by atoms with E-state index >= 15 is 0 Å². The Balaban J connectivity index is 0.00000280. The van der Waals surface area contributed by atoms with Crippen molar-refractivity contribution in [3.05, 3.63) is 40.2 Å². The third-order valence-electron chi connectivity index (χ3n) is 4.43. The minimum atomic E-state index is -0.139. The summed E-state index contributed by atoms with van der Waals surface area (Å²) in [4.78, 5) is 21.7. The fraction of sp³-hybridized carbons (Fsp3) is 0.421. The number of aryl methyl sites for hydroxylation is 3. The molecule has 0 aliphatic heterocycles. The van der Waals surface area contributed by atoms with E-state index in [1.807, 2.05) is 62.6 Å². The second-order valence-electron chi connectivity index (χ2n) is 6.79. The van der Waals surface area contributed by atoms with Crippen molar-refractivity contribution in [2.45, 2.75) is 27.3 Å². The Bertz CT molecular complexity index is 943. The minimum absolute atomic E-state index is 0. The zero-order valence-corrected chi connectivity index (χ0v) is 19.1. The maximum absolute atomic E-state index is 13.3. The molecule has 0 saturated carbocycles. The summed E-state index contributed by atoms with van der Waals surface area (Å²) in [6.07, 6.45) is 0. The van der Waals surface area contributed by atoms with Crippen molar-refractivity contribution in [1.82, 2.24) is 19.7 Å². The molecule has 1 amide bonds. The third-order valence-corrected chi connectivity index (χ3v) is 5.97. The molecule has 0 saturated heterocycles. The van der Waals surface area contributed by atoms with Gasteiger partial charge in [0.2, 0.25) is 0 Å². The van der Waals surface area contributed by atoms with Crippen LogP contribution < -0.4 is 4.90 Å². The monoisotopic (exact) mass is 441 g/mol. The average Bonchev–Trinajstić information content (AvgIpc) is 3.22. The van der Waals surface area contributed by atoms with Crippen LogP contribution in [0.3, 0.4) is 0 Å². The molecule has 152 valence electrons. The van der Waals surface area contributed by atoms with E-state index in [0.29, 0.717) is 22.4 Å². The lowest BCUT2D eigenvalue weighted by atomic mass is 10.2. The third kappa shape index (κ3) is 4.49. The van der Waals surface area contributed by atoms with Crippen LogP contribution in [0.4, 0.5) is 5.13 Å². The molecule has 0 radical (unpaired) electrons. The first-order chi connectivity index (χ1) is 12.8. The van der Waals surface area contributed by atoms with Gasteiger partial charge in [0, 0.05) is 25.3 Å². The summed E-state index contributed by atoms with van der Waals surface area (Å²) in [7, 11) is 3.97. The summed E-state index contributed by atoms with van der Waals surface area (Å²) < 4.78 is 2.74. The van der Waals surface area contributed by atoms with Gasteiger partial charge in [0.1, 0.15) is 0 Å². The molecule has 0 atom stereocenters. The Kier molecular flexibility index (Phi) is 7.45. The summed E-state index contributed by atoms with van der Waals surface area (Å²) in [5, 5.41) is 5.76. The number of halogens is 2. The predicted molar refractivity (Wildman–Crippen MR) is 119 cm³/mol. The van der Waals surface area contributed by atoms with Crippen molar-refractivity contribution in [2.75, 3.05) is 32.1 Å². The first-order valence-electron chi connectivity index (χ1n) is 8.88. The molecule has 0 aliphatic carbocycles. The molecule has 2 heterocycles. The molecule has 9 heteroatoms. The van der Waals surface area contributed by atoms with Crippen LogP contribution in [-0.4, -0.2) is 52.8 Å². The van der Waals surface area contributed by atoms with Crippen LogP contribution in [0.2, 0.25) is 5.02 Å². The van der Waals surface area contributed by atoms with Crippen molar-refractivity contribution in [3.8, 4) is 0 Å². The highest BCUT2D eigenvalue weighted by atomic mass is 35.5. The number of hydrogen-bond acceptors (Lipinski definition) is 5. The SMILES string of the molecule is CCn1nc(C(=O)N(CCN(C)C)c2nc3c(C)ccc(Cl)c3s2)cc1C.Cl. The first kappa shape index (κ1) is 22.6. The summed E-state index contributed by atoms with van der Waals surface area (Å²) in [5.74, 6) is -0.139. The van der Waals surface area contributed by atoms with Gasteiger partial charge >= 0.3 is 0 Å². The molecular weight excluding hydrogens is 417 g/mol. The van der Waals surface area contributed by atoms with Crippen LogP contribution in [0.5, 0.6) is 0 Å². The van der Waals surface area contributed by atoms with Gasteiger partial charge in [0.25, 0.3) is 5.91 Å². The van der Waals surface area contributed by atoms with E-state index < -0.39 is 0 Å². The molecule has 28 heavy (non-hydrogen) atoms. The number of anilines is 1. The van der Waals surface area contributed by atoms with Gasteiger partial charge in [-0.05, 0) is 52.6 Å². The van der Waals surface area contributed by atoms with Gasteiger partial charge in [-0.15, -0.1) is 12.4 Å². The second-order valence-corrected chi connectivity index (χ2v) is 8.17. The predicted octanol–water partition coefficient (Wildman–Crippen LogP) is 4.41. The summed E-state index contributed by atoms with van der Waals surface area (Å²) in [5.41, 5.74) is 3.30. The van der Waals surface area contributed by atoms with Gasteiger partial charge in [-0.2, -0.15) is 5.10 Å². The summed E-state index contributed by atoms with van der Waals surface area (Å²) >= 11 is 7.80. The van der Waals surface area contributed by atoms with Gasteiger partial charge in [-0.1, -0.05) is 29.0 Å². The molecule has 0 spiro atoms. The Morgan fingerprint density at radius 3 is 2.54 bits per heavy atom. The highest BCUT2D eigenvalue weighted by Crippen LogP contribution is 2.36. The molecule has 0 bridgehead atoms. The van der Waals surface area contributed by atoms with E-state index in [0.717, 1.165) is 34.6 Å². The molecule has 6 nitrogen and oxygen atoms in total. The number of carbonyl (C=O) groups is 1. The molecular formula is C19H25Cl2N5OS. The van der Waals surface area contributed by atoms with Crippen molar-refractivity contribution in [3.63, 3.8) is 0 Å². The molecule has 3 rings (SSSR count). The topological polar surface area (TPSA) is 54.3 Å². The molecule has 0 N–H and O–H groups in total. The van der Waals surface area contributed by atoms with Gasteiger partial charge in [0.15, 0.2) is 10.8 Å². The Hall–Kier alpha value is -1.67. The highest BCUT2D eigenvalue weighted by Gasteiger charge is 2.24. The number of aromatic nitrogens is 3. The van der Waals surface area contributed by atoms with Crippen LogP contribution in [0, 0.1) is 13.8 Å². The van der Waals surface area contributed by atoms with Gasteiger partial charge in [-0.25, -0.2) is 4.98 Å². The van der Waals surface area contributed by atoms with E-state index in [4.69, 9.17) is 16.6 Å². The number of carbonyl (C=O) groups excluding carboxylic acids is 1. The smallest absolute Gasteiger partial charge is 0.280 e. The molecule has 0 fully saturated rings. The quantitative estimate of drug-likeness (QED) is 0.568. The standard InChI is InChI=1S/C19H24ClN5OS.ClH/c1-6-25-13(3)11-15(22-25)18(26)24(10-9-23(4)5)19-21-16-12(2)7-8-14(20)17(16)27-19;/h7-8,11H,6,9-10H2,1-5H3;1H. The molecule has 2 aromatic heterocycles. The van der Waals surface area contributed by atoms with Crippen LogP contribution >= 0.6 is 35.3 Å². The summed E-state index contributed by atoms with van der Waals surface area (Å²) in [6.45, 7) is 7.95. The number of likely N-dealkylation sites (N-methyl/N-ethyl adjacent to an activating group) is 1. The van der Waals surface area contributed by atoms with Gasteiger partial charge in [0.05, 0.1) is 15.2 Å². The number of benzene rings is 1.